The van der Waals surface area contributed by atoms with Gasteiger partial charge in [-0.1, -0.05) is 0 Å². The zero-order valence-electron chi connectivity index (χ0n) is 12.4. The lowest BCUT2D eigenvalue weighted by Gasteiger charge is -2.09. The van der Waals surface area contributed by atoms with Crippen LogP contribution in [-0.4, -0.2) is 17.6 Å². The van der Waals surface area contributed by atoms with E-state index in [4.69, 9.17) is 4.42 Å². The van der Waals surface area contributed by atoms with Gasteiger partial charge in [0.1, 0.15) is 5.58 Å². The van der Waals surface area contributed by atoms with Gasteiger partial charge in [0.25, 0.3) is 5.91 Å². The second-order valence-electron chi connectivity index (χ2n) is 5.37. The minimum Gasteiger partial charge on any atom is -0.451 e. The predicted molar refractivity (Wildman–Crippen MR) is 87.3 cm³/mol. The number of carbonyl (C=O) groups excluding carboxylic acids is 1. The van der Waals surface area contributed by atoms with Gasteiger partial charge in [0.05, 0.1) is 6.10 Å². The molecular weight excluding hydrogens is 298 g/mol. The van der Waals surface area contributed by atoms with E-state index in [1.807, 2.05) is 42.8 Å². The van der Waals surface area contributed by atoms with E-state index in [0.717, 1.165) is 22.1 Å². The van der Waals surface area contributed by atoms with Gasteiger partial charge in [-0.25, -0.2) is 0 Å². The number of carbonyl (C=O) groups is 1. The third kappa shape index (κ3) is 2.91. The van der Waals surface area contributed by atoms with Gasteiger partial charge in [0.2, 0.25) is 0 Å². The van der Waals surface area contributed by atoms with Crippen LogP contribution in [0.15, 0.2) is 39.4 Å². The maximum atomic E-state index is 12.1. The fourth-order valence-corrected chi connectivity index (χ4v) is 2.98. The summed E-state index contributed by atoms with van der Waals surface area (Å²) < 4.78 is 5.60. The number of benzene rings is 1. The molecule has 4 nitrogen and oxygen atoms in total. The molecule has 114 valence electrons. The highest BCUT2D eigenvalue weighted by Gasteiger charge is 2.15. The number of aliphatic hydroxyl groups is 1. The van der Waals surface area contributed by atoms with Crippen molar-refractivity contribution in [3.05, 3.63) is 57.5 Å². The molecule has 0 saturated heterocycles. The van der Waals surface area contributed by atoms with Crippen LogP contribution < -0.4 is 5.32 Å². The summed E-state index contributed by atoms with van der Waals surface area (Å²) in [7, 11) is 0. The molecule has 0 bridgehead atoms. The lowest BCUT2D eigenvalue weighted by molar-refractivity contribution is 0.0891. The van der Waals surface area contributed by atoms with Crippen molar-refractivity contribution < 1.29 is 14.3 Å². The van der Waals surface area contributed by atoms with Gasteiger partial charge in [-0.3, -0.25) is 4.79 Å². The van der Waals surface area contributed by atoms with Crippen molar-refractivity contribution in [2.45, 2.75) is 20.0 Å². The van der Waals surface area contributed by atoms with Gasteiger partial charge >= 0.3 is 0 Å². The lowest BCUT2D eigenvalue weighted by atomic mass is 10.1. The van der Waals surface area contributed by atoms with Crippen LogP contribution in [0.4, 0.5) is 0 Å². The van der Waals surface area contributed by atoms with Gasteiger partial charge in [0.15, 0.2) is 5.76 Å². The molecule has 1 aromatic carbocycles. The molecule has 0 aliphatic heterocycles. The number of fused-ring (bicyclic) bond motifs is 1. The van der Waals surface area contributed by atoms with Crippen LogP contribution in [0.3, 0.4) is 0 Å². The Morgan fingerprint density at radius 2 is 2.09 bits per heavy atom. The summed E-state index contributed by atoms with van der Waals surface area (Å²) in [5.41, 5.74) is 3.79. The summed E-state index contributed by atoms with van der Waals surface area (Å²) in [5, 5.41) is 17.3. The molecule has 0 aliphatic rings. The minimum atomic E-state index is -0.705. The standard InChI is InChI=1S/C17H17NO3S/c1-10-5-13-7-16(21-15(13)6-11(10)2)17(20)18-8-14(19)12-3-4-22-9-12/h3-7,9,14,19H,8H2,1-2H3,(H,18,20). The maximum Gasteiger partial charge on any atom is 0.287 e. The first-order valence-corrected chi connectivity index (χ1v) is 7.98. The van der Waals surface area contributed by atoms with E-state index in [2.05, 4.69) is 5.32 Å². The first kappa shape index (κ1) is 14.8. The number of nitrogens with one attached hydrogen (secondary N) is 1. The van der Waals surface area contributed by atoms with E-state index in [1.165, 1.54) is 11.3 Å². The molecule has 0 radical (unpaired) electrons. The fraction of sp³-hybridized carbons (Fsp3) is 0.235. The van der Waals surface area contributed by atoms with E-state index >= 15 is 0 Å². The summed E-state index contributed by atoms with van der Waals surface area (Å²) in [4.78, 5) is 12.1. The first-order chi connectivity index (χ1) is 10.5. The molecule has 0 aliphatic carbocycles. The Morgan fingerprint density at radius 3 is 2.82 bits per heavy atom. The third-order valence-corrected chi connectivity index (χ3v) is 4.44. The second-order valence-corrected chi connectivity index (χ2v) is 6.15. The van der Waals surface area contributed by atoms with Crippen LogP contribution in [0.5, 0.6) is 0 Å². The van der Waals surface area contributed by atoms with Crippen LogP contribution in [-0.2, 0) is 0 Å². The van der Waals surface area contributed by atoms with Gasteiger partial charge in [-0.2, -0.15) is 11.3 Å². The highest BCUT2D eigenvalue weighted by molar-refractivity contribution is 7.07. The van der Waals surface area contributed by atoms with Gasteiger partial charge in [-0.15, -0.1) is 0 Å². The van der Waals surface area contributed by atoms with E-state index in [-0.39, 0.29) is 18.2 Å². The van der Waals surface area contributed by atoms with Crippen molar-refractivity contribution in [3.8, 4) is 0 Å². The fourth-order valence-electron chi connectivity index (χ4n) is 2.27. The Labute approximate surface area is 132 Å². The monoisotopic (exact) mass is 315 g/mol. The van der Waals surface area contributed by atoms with E-state index < -0.39 is 6.10 Å². The van der Waals surface area contributed by atoms with Crippen molar-refractivity contribution in [3.63, 3.8) is 0 Å². The highest BCUT2D eigenvalue weighted by Crippen LogP contribution is 2.23. The number of amides is 1. The number of thiophene rings is 1. The van der Waals surface area contributed by atoms with Crippen molar-refractivity contribution in [2.75, 3.05) is 6.54 Å². The third-order valence-electron chi connectivity index (χ3n) is 3.74. The van der Waals surface area contributed by atoms with Crippen LogP contribution in [0.2, 0.25) is 0 Å². The quantitative estimate of drug-likeness (QED) is 0.773. The molecule has 0 fully saturated rings. The average molecular weight is 315 g/mol. The number of hydrogen-bond donors (Lipinski definition) is 2. The largest absolute Gasteiger partial charge is 0.451 e. The predicted octanol–water partition coefficient (Wildman–Crippen LogP) is 3.57. The topological polar surface area (TPSA) is 62.5 Å². The van der Waals surface area contributed by atoms with Gasteiger partial charge in [0, 0.05) is 11.9 Å². The summed E-state index contributed by atoms with van der Waals surface area (Å²) >= 11 is 1.51. The Hall–Kier alpha value is -2.11. The number of aryl methyl sites for hydroxylation is 2. The Bertz CT molecular complexity index is 766. The molecule has 1 unspecified atom stereocenters. The molecule has 0 saturated carbocycles. The smallest absolute Gasteiger partial charge is 0.287 e. The van der Waals surface area contributed by atoms with Crippen LogP contribution >= 0.6 is 11.3 Å². The Balaban J connectivity index is 1.72. The second kappa shape index (κ2) is 5.94. The van der Waals surface area contributed by atoms with E-state index in [0.29, 0.717) is 5.58 Å². The molecule has 1 amide bonds. The van der Waals surface area contributed by atoms with Crippen LogP contribution in [0.25, 0.3) is 11.0 Å². The lowest BCUT2D eigenvalue weighted by Crippen LogP contribution is -2.27. The maximum absolute atomic E-state index is 12.1. The van der Waals surface area contributed by atoms with Crippen molar-refractivity contribution in [1.82, 2.24) is 5.32 Å². The Kier molecular flexibility index (Phi) is 4.00. The van der Waals surface area contributed by atoms with Gasteiger partial charge < -0.3 is 14.8 Å². The molecule has 2 N–H and O–H groups in total. The first-order valence-electron chi connectivity index (χ1n) is 7.04. The number of rotatable bonds is 4. The van der Waals surface area contributed by atoms with Crippen molar-refractivity contribution in [1.29, 1.82) is 0 Å². The molecular formula is C17H17NO3S. The summed E-state index contributed by atoms with van der Waals surface area (Å²) in [6.45, 7) is 4.19. The van der Waals surface area contributed by atoms with Crippen molar-refractivity contribution in [2.24, 2.45) is 0 Å². The number of aliphatic hydroxyl groups excluding tert-OH is 1. The normalized spacial score (nSPS) is 12.5. The molecule has 0 spiro atoms. The molecule has 2 heterocycles. The summed E-state index contributed by atoms with van der Waals surface area (Å²) in [6, 6.07) is 7.51. The molecule has 5 heteroatoms. The average Bonchev–Trinajstić information content (AvgIpc) is 3.14. The molecule has 3 rings (SSSR count). The summed E-state index contributed by atoms with van der Waals surface area (Å²) in [5.74, 6) is -0.0571. The minimum absolute atomic E-state index is 0.157. The van der Waals surface area contributed by atoms with E-state index in [9.17, 15) is 9.90 Å². The highest BCUT2D eigenvalue weighted by atomic mass is 32.1. The summed E-state index contributed by atoms with van der Waals surface area (Å²) in [6.07, 6.45) is -0.705. The molecule has 2 aromatic heterocycles. The SMILES string of the molecule is Cc1cc2cc(C(=O)NCC(O)c3ccsc3)oc2cc1C. The van der Waals surface area contributed by atoms with Gasteiger partial charge in [-0.05, 0) is 65.6 Å². The van der Waals surface area contributed by atoms with E-state index in [1.54, 1.807) is 6.07 Å². The van der Waals surface area contributed by atoms with Crippen LogP contribution in [0, 0.1) is 13.8 Å². The Morgan fingerprint density at radius 1 is 1.32 bits per heavy atom. The number of hydrogen-bond acceptors (Lipinski definition) is 4. The molecule has 3 aromatic rings. The van der Waals surface area contributed by atoms with Crippen molar-refractivity contribution >= 4 is 28.2 Å². The molecule has 22 heavy (non-hydrogen) atoms. The van der Waals surface area contributed by atoms with Crippen LogP contribution in [0.1, 0.15) is 33.3 Å². The zero-order chi connectivity index (χ0) is 15.7. The number of furan rings is 1. The zero-order valence-corrected chi connectivity index (χ0v) is 13.2. The molecule has 1 atom stereocenters.